The van der Waals surface area contributed by atoms with Crippen LogP contribution < -0.4 is 5.32 Å². The fourth-order valence-electron chi connectivity index (χ4n) is 2.47. The molecule has 1 aromatic heterocycles. The minimum atomic E-state index is 0.300. The van der Waals surface area contributed by atoms with E-state index in [1.54, 1.807) is 0 Å². The molecule has 106 valence electrons. The summed E-state index contributed by atoms with van der Waals surface area (Å²) in [7, 11) is 0. The highest BCUT2D eigenvalue weighted by Crippen LogP contribution is 2.20. The van der Waals surface area contributed by atoms with Crippen molar-refractivity contribution < 1.29 is 0 Å². The molecule has 2 aromatic carbocycles. The number of benzene rings is 2. The summed E-state index contributed by atoms with van der Waals surface area (Å²) in [4.78, 5) is 4.40. The van der Waals surface area contributed by atoms with Crippen LogP contribution in [-0.4, -0.2) is 4.98 Å². The molecule has 0 fully saturated rings. The van der Waals surface area contributed by atoms with Gasteiger partial charge in [-0.1, -0.05) is 46.3 Å². The lowest BCUT2D eigenvalue weighted by Gasteiger charge is -2.15. The summed E-state index contributed by atoms with van der Waals surface area (Å²) in [5.41, 5.74) is 3.61. The van der Waals surface area contributed by atoms with Crippen molar-refractivity contribution in [2.45, 2.75) is 19.5 Å². The van der Waals surface area contributed by atoms with E-state index in [1.165, 1.54) is 16.5 Å². The Balaban J connectivity index is 1.77. The highest BCUT2D eigenvalue weighted by atomic mass is 79.9. The van der Waals surface area contributed by atoms with Gasteiger partial charge < -0.3 is 5.32 Å². The molecule has 0 bridgehead atoms. The van der Waals surface area contributed by atoms with Gasteiger partial charge >= 0.3 is 0 Å². The molecule has 21 heavy (non-hydrogen) atoms. The van der Waals surface area contributed by atoms with Crippen molar-refractivity contribution in [1.82, 2.24) is 10.3 Å². The minimum absolute atomic E-state index is 0.300. The summed E-state index contributed by atoms with van der Waals surface area (Å²) >= 11 is 3.52. The van der Waals surface area contributed by atoms with Gasteiger partial charge in [-0.15, -0.1) is 0 Å². The Kier molecular flexibility index (Phi) is 4.32. The van der Waals surface area contributed by atoms with Crippen molar-refractivity contribution in [2.75, 3.05) is 0 Å². The summed E-state index contributed by atoms with van der Waals surface area (Å²) in [5, 5.41) is 4.80. The van der Waals surface area contributed by atoms with E-state index in [4.69, 9.17) is 0 Å². The summed E-state index contributed by atoms with van der Waals surface area (Å²) in [6, 6.07) is 19.1. The van der Waals surface area contributed by atoms with E-state index in [-0.39, 0.29) is 0 Å². The fourth-order valence-corrected chi connectivity index (χ4v) is 2.88. The van der Waals surface area contributed by atoms with Crippen LogP contribution in [0, 0.1) is 0 Å². The molecule has 0 radical (unpaired) electrons. The molecule has 0 aliphatic heterocycles. The Hall–Kier alpha value is -1.71. The van der Waals surface area contributed by atoms with E-state index >= 15 is 0 Å². The molecule has 1 heterocycles. The van der Waals surface area contributed by atoms with Crippen LogP contribution in [0.1, 0.15) is 24.1 Å². The highest BCUT2D eigenvalue weighted by Gasteiger charge is 2.07. The summed E-state index contributed by atoms with van der Waals surface area (Å²) in [6.45, 7) is 3.02. The normalized spacial score (nSPS) is 12.5. The molecule has 3 rings (SSSR count). The number of hydrogen-bond donors (Lipinski definition) is 1. The van der Waals surface area contributed by atoms with Gasteiger partial charge in [0.1, 0.15) is 0 Å². The van der Waals surface area contributed by atoms with Crippen LogP contribution in [0.25, 0.3) is 10.9 Å². The Bertz CT molecular complexity index is 750. The number of aromatic nitrogens is 1. The molecule has 1 unspecified atom stereocenters. The number of rotatable bonds is 4. The molecule has 1 atom stereocenters. The molecule has 0 saturated carbocycles. The van der Waals surface area contributed by atoms with Gasteiger partial charge in [0.2, 0.25) is 0 Å². The predicted octanol–water partition coefficient (Wildman–Crippen LogP) is 4.85. The second-order valence-electron chi connectivity index (χ2n) is 5.14. The maximum atomic E-state index is 4.40. The first-order valence-corrected chi connectivity index (χ1v) is 7.85. The molecule has 0 amide bonds. The molecule has 0 spiro atoms. The second-order valence-corrected chi connectivity index (χ2v) is 6.06. The minimum Gasteiger partial charge on any atom is -0.306 e. The van der Waals surface area contributed by atoms with Gasteiger partial charge in [-0.25, -0.2) is 0 Å². The molecular weight excluding hydrogens is 324 g/mol. The number of nitrogens with one attached hydrogen (secondary N) is 1. The third-order valence-corrected chi connectivity index (χ3v) is 4.18. The van der Waals surface area contributed by atoms with E-state index in [2.05, 4.69) is 75.6 Å². The quantitative estimate of drug-likeness (QED) is 0.734. The highest BCUT2D eigenvalue weighted by molar-refractivity contribution is 9.10. The average molecular weight is 341 g/mol. The number of nitrogens with zero attached hydrogens (tertiary/aromatic N) is 1. The van der Waals surface area contributed by atoms with E-state index in [0.717, 1.165) is 16.5 Å². The zero-order chi connectivity index (χ0) is 14.7. The van der Waals surface area contributed by atoms with Crippen molar-refractivity contribution in [2.24, 2.45) is 0 Å². The van der Waals surface area contributed by atoms with Gasteiger partial charge in [0, 0.05) is 28.6 Å². The third kappa shape index (κ3) is 3.31. The monoisotopic (exact) mass is 340 g/mol. The van der Waals surface area contributed by atoms with Crippen LogP contribution in [0.15, 0.2) is 65.3 Å². The van der Waals surface area contributed by atoms with Crippen LogP contribution in [-0.2, 0) is 6.54 Å². The maximum Gasteiger partial charge on any atom is 0.0705 e. The first-order chi connectivity index (χ1) is 10.2. The second kappa shape index (κ2) is 6.37. The Morgan fingerprint density at radius 3 is 2.81 bits per heavy atom. The van der Waals surface area contributed by atoms with Crippen molar-refractivity contribution in [3.05, 3.63) is 76.4 Å². The Morgan fingerprint density at radius 1 is 1.10 bits per heavy atom. The lowest BCUT2D eigenvalue weighted by atomic mass is 10.1. The number of halogens is 1. The van der Waals surface area contributed by atoms with Gasteiger partial charge in [-0.05, 0) is 42.3 Å². The summed E-state index contributed by atoms with van der Waals surface area (Å²) in [5.74, 6) is 0. The standard InChI is InChI=1S/C18H17BrN2/c1-13(14-5-4-6-16(19)11-14)21-12-15-9-10-20-18-8-3-2-7-17(15)18/h2-11,13,21H,12H2,1H3. The van der Waals surface area contributed by atoms with Crippen molar-refractivity contribution >= 4 is 26.8 Å². The SMILES string of the molecule is CC(NCc1ccnc2ccccc12)c1cccc(Br)c1. The zero-order valence-corrected chi connectivity index (χ0v) is 13.5. The van der Waals surface area contributed by atoms with E-state index < -0.39 is 0 Å². The molecule has 0 saturated heterocycles. The predicted molar refractivity (Wildman–Crippen MR) is 91.1 cm³/mol. The van der Waals surface area contributed by atoms with E-state index in [9.17, 15) is 0 Å². The number of para-hydroxylation sites is 1. The smallest absolute Gasteiger partial charge is 0.0705 e. The van der Waals surface area contributed by atoms with Crippen LogP contribution in [0.3, 0.4) is 0 Å². The topological polar surface area (TPSA) is 24.9 Å². The molecule has 3 heteroatoms. The molecule has 0 aliphatic carbocycles. The van der Waals surface area contributed by atoms with Gasteiger partial charge in [0.25, 0.3) is 0 Å². The Morgan fingerprint density at radius 2 is 1.95 bits per heavy atom. The number of fused-ring (bicyclic) bond motifs is 1. The first-order valence-electron chi connectivity index (χ1n) is 7.05. The lowest BCUT2D eigenvalue weighted by molar-refractivity contribution is 0.576. The van der Waals surface area contributed by atoms with Crippen LogP contribution in [0.5, 0.6) is 0 Å². The Labute approximate surface area is 133 Å². The van der Waals surface area contributed by atoms with Gasteiger partial charge in [-0.2, -0.15) is 0 Å². The molecule has 3 aromatic rings. The van der Waals surface area contributed by atoms with Gasteiger partial charge in [0.05, 0.1) is 5.52 Å². The molecular formula is C18H17BrN2. The van der Waals surface area contributed by atoms with E-state index in [1.807, 2.05) is 18.3 Å². The summed E-state index contributed by atoms with van der Waals surface area (Å²) < 4.78 is 1.11. The molecule has 2 nitrogen and oxygen atoms in total. The summed E-state index contributed by atoms with van der Waals surface area (Å²) in [6.07, 6.45) is 1.88. The number of pyridine rings is 1. The van der Waals surface area contributed by atoms with Crippen LogP contribution in [0.4, 0.5) is 0 Å². The molecule has 0 aliphatic rings. The zero-order valence-electron chi connectivity index (χ0n) is 11.9. The van der Waals surface area contributed by atoms with Gasteiger partial charge in [-0.3, -0.25) is 4.98 Å². The van der Waals surface area contributed by atoms with Crippen molar-refractivity contribution in [3.8, 4) is 0 Å². The maximum absolute atomic E-state index is 4.40. The van der Waals surface area contributed by atoms with Crippen molar-refractivity contribution in [1.29, 1.82) is 0 Å². The average Bonchev–Trinajstić information content (AvgIpc) is 2.52. The van der Waals surface area contributed by atoms with Crippen molar-refractivity contribution in [3.63, 3.8) is 0 Å². The largest absolute Gasteiger partial charge is 0.306 e. The van der Waals surface area contributed by atoms with Gasteiger partial charge in [0.15, 0.2) is 0 Å². The number of hydrogen-bond acceptors (Lipinski definition) is 2. The van der Waals surface area contributed by atoms with Crippen LogP contribution in [0.2, 0.25) is 0 Å². The molecule has 1 N–H and O–H groups in total. The van der Waals surface area contributed by atoms with Crippen LogP contribution >= 0.6 is 15.9 Å². The van der Waals surface area contributed by atoms with E-state index in [0.29, 0.717) is 6.04 Å². The lowest BCUT2D eigenvalue weighted by Crippen LogP contribution is -2.18. The fraction of sp³-hybridized carbons (Fsp3) is 0.167. The third-order valence-electron chi connectivity index (χ3n) is 3.69. The first kappa shape index (κ1) is 14.2.